The first-order chi connectivity index (χ1) is 9.85. The van der Waals surface area contributed by atoms with Crippen molar-refractivity contribution in [3.63, 3.8) is 0 Å². The van der Waals surface area contributed by atoms with E-state index in [-0.39, 0.29) is 22.6 Å². The molecule has 0 aromatic rings. The topological polar surface area (TPSA) is 29.1 Å². The third-order valence-electron chi connectivity index (χ3n) is 5.24. The molecule has 0 bridgehead atoms. The molecule has 4 atom stereocenters. The van der Waals surface area contributed by atoms with Gasteiger partial charge in [0.15, 0.2) is 0 Å². The van der Waals surface area contributed by atoms with E-state index in [1.165, 1.54) is 32.1 Å². The molecule has 2 rings (SSSR count). The molecule has 0 aromatic carbocycles. The molecule has 1 N–H and O–H groups in total. The number of carbonyl (C=O) groups excluding carboxylic acids is 1. The molecule has 2 fully saturated rings. The summed E-state index contributed by atoms with van der Waals surface area (Å²) < 4.78 is 0. The molecular formula is C18H32ClNO. The zero-order valence-corrected chi connectivity index (χ0v) is 14.7. The average Bonchev–Trinajstić information content (AvgIpc) is 2.42. The van der Waals surface area contributed by atoms with Gasteiger partial charge in [0.05, 0.1) is 5.38 Å². The normalized spacial score (nSPS) is 31.3. The minimum atomic E-state index is 0.0416. The van der Waals surface area contributed by atoms with Gasteiger partial charge in [-0.3, -0.25) is 4.79 Å². The second-order valence-electron chi connectivity index (χ2n) is 8.42. The van der Waals surface area contributed by atoms with E-state index in [1.807, 2.05) is 0 Å². The number of hydrogen-bond donors (Lipinski definition) is 1. The molecule has 4 unspecified atom stereocenters. The Labute approximate surface area is 135 Å². The van der Waals surface area contributed by atoms with Crippen molar-refractivity contribution in [2.24, 2.45) is 23.2 Å². The van der Waals surface area contributed by atoms with E-state index in [0.717, 1.165) is 31.1 Å². The van der Waals surface area contributed by atoms with Crippen molar-refractivity contribution in [1.82, 2.24) is 5.32 Å². The summed E-state index contributed by atoms with van der Waals surface area (Å²) in [6, 6.07) is 0. The molecule has 2 aliphatic carbocycles. The van der Waals surface area contributed by atoms with Crippen LogP contribution in [0.25, 0.3) is 0 Å². The second-order valence-corrected chi connectivity index (χ2v) is 9.04. The Morgan fingerprint density at radius 3 is 2.48 bits per heavy atom. The van der Waals surface area contributed by atoms with Crippen LogP contribution >= 0.6 is 11.6 Å². The summed E-state index contributed by atoms with van der Waals surface area (Å²) in [5.74, 6) is 2.20. The van der Waals surface area contributed by atoms with E-state index in [2.05, 4.69) is 26.1 Å². The molecule has 21 heavy (non-hydrogen) atoms. The van der Waals surface area contributed by atoms with E-state index < -0.39 is 0 Å². The smallest absolute Gasteiger partial charge is 0.223 e. The van der Waals surface area contributed by atoms with Crippen LogP contribution in [-0.4, -0.2) is 17.8 Å². The van der Waals surface area contributed by atoms with Gasteiger partial charge >= 0.3 is 0 Å². The zero-order chi connectivity index (χ0) is 15.5. The van der Waals surface area contributed by atoms with Crippen molar-refractivity contribution in [3.8, 4) is 0 Å². The Bertz CT molecular complexity index is 350. The standard InChI is InChI=1S/C18H32ClNO/c1-18(2,3)11-16(19)12-20-17(21)15-9-8-13-6-4-5-7-14(13)10-15/h13-16H,4-12H2,1-3H3,(H,20,21). The van der Waals surface area contributed by atoms with Gasteiger partial charge in [-0.1, -0.05) is 46.5 Å². The molecule has 0 aliphatic heterocycles. The maximum absolute atomic E-state index is 12.4. The molecule has 0 spiro atoms. The zero-order valence-electron chi connectivity index (χ0n) is 14.0. The quantitative estimate of drug-likeness (QED) is 0.745. The number of carbonyl (C=O) groups is 1. The van der Waals surface area contributed by atoms with Gasteiger partial charge < -0.3 is 5.32 Å². The Kier molecular flexibility index (Phi) is 5.99. The van der Waals surface area contributed by atoms with Crippen LogP contribution in [0, 0.1) is 23.2 Å². The first-order valence-electron chi connectivity index (χ1n) is 8.77. The fraction of sp³-hybridized carbons (Fsp3) is 0.944. The number of halogens is 1. The summed E-state index contributed by atoms with van der Waals surface area (Å²) in [5, 5.41) is 3.14. The molecule has 122 valence electrons. The van der Waals surface area contributed by atoms with Crippen LogP contribution in [0.1, 0.15) is 72.1 Å². The highest BCUT2D eigenvalue weighted by molar-refractivity contribution is 6.20. The van der Waals surface area contributed by atoms with E-state index in [4.69, 9.17) is 11.6 Å². The van der Waals surface area contributed by atoms with Crippen LogP contribution < -0.4 is 5.32 Å². The summed E-state index contributed by atoms with van der Waals surface area (Å²) >= 11 is 6.34. The van der Waals surface area contributed by atoms with Gasteiger partial charge in [-0.25, -0.2) is 0 Å². The predicted octanol–water partition coefficient (Wildman–Crippen LogP) is 4.75. The van der Waals surface area contributed by atoms with E-state index in [9.17, 15) is 4.79 Å². The van der Waals surface area contributed by atoms with Crippen LogP contribution in [0.3, 0.4) is 0 Å². The van der Waals surface area contributed by atoms with Crippen molar-refractivity contribution < 1.29 is 4.79 Å². The minimum absolute atomic E-state index is 0.0416. The van der Waals surface area contributed by atoms with Gasteiger partial charge in [0.2, 0.25) is 5.91 Å². The molecule has 2 aliphatic rings. The van der Waals surface area contributed by atoms with Crippen LogP contribution in [0.15, 0.2) is 0 Å². The Morgan fingerprint density at radius 1 is 1.14 bits per heavy atom. The summed E-state index contributed by atoms with van der Waals surface area (Å²) in [7, 11) is 0. The second kappa shape index (κ2) is 7.35. The largest absolute Gasteiger partial charge is 0.354 e. The van der Waals surface area contributed by atoms with Crippen LogP contribution in [0.2, 0.25) is 0 Å². The van der Waals surface area contributed by atoms with Gasteiger partial charge in [0.1, 0.15) is 0 Å². The highest BCUT2D eigenvalue weighted by Crippen LogP contribution is 2.42. The Hall–Kier alpha value is -0.240. The number of hydrogen-bond acceptors (Lipinski definition) is 1. The monoisotopic (exact) mass is 313 g/mol. The van der Waals surface area contributed by atoms with Crippen molar-refractivity contribution in [3.05, 3.63) is 0 Å². The van der Waals surface area contributed by atoms with Crippen molar-refractivity contribution >= 4 is 17.5 Å². The lowest BCUT2D eigenvalue weighted by Crippen LogP contribution is -2.39. The summed E-state index contributed by atoms with van der Waals surface area (Å²) in [4.78, 5) is 12.4. The summed E-state index contributed by atoms with van der Waals surface area (Å²) in [5.41, 5.74) is 0.220. The Morgan fingerprint density at radius 2 is 1.81 bits per heavy atom. The SMILES string of the molecule is CC(C)(C)CC(Cl)CNC(=O)C1CCC2CCCCC2C1. The number of alkyl halides is 1. The fourth-order valence-electron chi connectivity index (χ4n) is 4.20. The van der Waals surface area contributed by atoms with Crippen LogP contribution in [-0.2, 0) is 4.79 Å². The molecule has 1 amide bonds. The maximum Gasteiger partial charge on any atom is 0.223 e. The van der Waals surface area contributed by atoms with Crippen molar-refractivity contribution in [2.75, 3.05) is 6.54 Å². The van der Waals surface area contributed by atoms with Gasteiger partial charge in [0, 0.05) is 12.5 Å². The average molecular weight is 314 g/mol. The van der Waals surface area contributed by atoms with E-state index in [1.54, 1.807) is 0 Å². The first-order valence-corrected chi connectivity index (χ1v) is 9.20. The third kappa shape index (κ3) is 5.47. The Balaban J connectivity index is 1.73. The lowest BCUT2D eigenvalue weighted by molar-refractivity contribution is -0.127. The molecular weight excluding hydrogens is 282 g/mol. The molecule has 0 aromatic heterocycles. The van der Waals surface area contributed by atoms with Crippen molar-refractivity contribution in [2.45, 2.75) is 77.5 Å². The first kappa shape index (κ1) is 17.1. The molecule has 0 radical (unpaired) electrons. The molecule has 2 saturated carbocycles. The summed E-state index contributed by atoms with van der Waals surface area (Å²) in [6.07, 6.45) is 9.90. The predicted molar refractivity (Wildman–Crippen MR) is 89.5 cm³/mol. The van der Waals surface area contributed by atoms with Gasteiger partial charge in [-0.2, -0.15) is 0 Å². The van der Waals surface area contributed by atoms with E-state index >= 15 is 0 Å². The fourth-order valence-corrected chi connectivity index (χ4v) is 4.74. The van der Waals surface area contributed by atoms with Crippen molar-refractivity contribution in [1.29, 1.82) is 0 Å². The van der Waals surface area contributed by atoms with Gasteiger partial charge in [-0.05, 0) is 42.9 Å². The molecule has 0 saturated heterocycles. The van der Waals surface area contributed by atoms with Crippen LogP contribution in [0.4, 0.5) is 0 Å². The lowest BCUT2D eigenvalue weighted by atomic mass is 9.67. The van der Waals surface area contributed by atoms with E-state index in [0.29, 0.717) is 6.54 Å². The van der Waals surface area contributed by atoms with Gasteiger partial charge in [0.25, 0.3) is 0 Å². The molecule has 3 heteroatoms. The number of nitrogens with one attached hydrogen (secondary N) is 1. The number of rotatable bonds is 4. The minimum Gasteiger partial charge on any atom is -0.354 e. The highest BCUT2D eigenvalue weighted by atomic mass is 35.5. The highest BCUT2D eigenvalue weighted by Gasteiger charge is 2.35. The van der Waals surface area contributed by atoms with Crippen LogP contribution in [0.5, 0.6) is 0 Å². The maximum atomic E-state index is 12.4. The van der Waals surface area contributed by atoms with Gasteiger partial charge in [-0.15, -0.1) is 11.6 Å². The summed E-state index contributed by atoms with van der Waals surface area (Å²) in [6.45, 7) is 7.18. The number of amides is 1. The lowest BCUT2D eigenvalue weighted by Gasteiger charge is -2.38. The number of fused-ring (bicyclic) bond motifs is 1. The molecule has 0 heterocycles. The third-order valence-corrected chi connectivity index (χ3v) is 5.55. The molecule has 2 nitrogen and oxygen atoms in total.